The summed E-state index contributed by atoms with van der Waals surface area (Å²) in [4.78, 5) is 42.6. The number of amides is 3. The number of hydrogen-bond donors (Lipinski definition) is 2. The van der Waals surface area contributed by atoms with Gasteiger partial charge < -0.3 is 25.0 Å². The fourth-order valence-electron chi connectivity index (χ4n) is 6.22. The Hall–Kier alpha value is -3.05. The number of urea groups is 1. The van der Waals surface area contributed by atoms with E-state index >= 15 is 0 Å². The average molecular weight is 602 g/mol. The maximum atomic E-state index is 14.0. The molecule has 0 spiro atoms. The molecule has 1 aromatic carbocycles. The van der Waals surface area contributed by atoms with Gasteiger partial charge in [0.1, 0.15) is 5.82 Å². The lowest BCUT2D eigenvalue weighted by Crippen LogP contribution is -2.52. The van der Waals surface area contributed by atoms with Crippen LogP contribution in [0.5, 0.6) is 0 Å². The molecule has 2 N–H and O–H groups in total. The molecule has 1 fully saturated rings. The summed E-state index contributed by atoms with van der Waals surface area (Å²) in [6.45, 7) is 10.4. The second-order valence-corrected chi connectivity index (χ2v) is 17.7. The van der Waals surface area contributed by atoms with Gasteiger partial charge in [-0.2, -0.15) is 5.10 Å². The highest BCUT2D eigenvalue weighted by Crippen LogP contribution is 2.61. The third-order valence-electron chi connectivity index (χ3n) is 8.92. The molecule has 1 aliphatic carbocycles. The number of rotatable bonds is 9. The van der Waals surface area contributed by atoms with E-state index in [0.29, 0.717) is 17.9 Å². The van der Waals surface area contributed by atoms with E-state index in [9.17, 15) is 14.4 Å². The highest BCUT2D eigenvalue weighted by Gasteiger charge is 2.52. The molecule has 2 aliphatic rings. The molecule has 4 rings (SSSR count). The summed E-state index contributed by atoms with van der Waals surface area (Å²) in [5.41, 5.74) is 0.890. The van der Waals surface area contributed by atoms with Crippen LogP contribution in [0.1, 0.15) is 76.7 Å². The number of methoxy groups -OCH3 is 1. The molecular formula is C31H47N5O5S. The van der Waals surface area contributed by atoms with E-state index in [1.54, 1.807) is 18.9 Å². The van der Waals surface area contributed by atoms with Crippen molar-refractivity contribution in [3.05, 3.63) is 47.2 Å². The molecule has 1 aromatic heterocycles. The van der Waals surface area contributed by atoms with Crippen LogP contribution in [0.25, 0.3) is 0 Å². The Morgan fingerprint density at radius 1 is 1.12 bits per heavy atom. The summed E-state index contributed by atoms with van der Waals surface area (Å²) in [6.07, 6.45) is 8.42. The molecule has 11 heteroatoms. The lowest BCUT2D eigenvalue weighted by Gasteiger charge is -2.53. The van der Waals surface area contributed by atoms with Gasteiger partial charge in [-0.15, -0.1) is 4.68 Å². The minimum Gasteiger partial charge on any atom is -0.448 e. The molecular weight excluding hydrogens is 554 g/mol. The number of hydrogen-bond acceptors (Lipinski definition) is 6. The molecule has 232 valence electrons. The van der Waals surface area contributed by atoms with Crippen molar-refractivity contribution in [3.8, 4) is 0 Å². The Balaban J connectivity index is 1.69. The van der Waals surface area contributed by atoms with E-state index in [2.05, 4.69) is 48.3 Å². The number of carbonyl (C=O) groups is 3. The Bertz CT molecular complexity index is 1330. The number of ether oxygens (including phenoxy) is 2. The van der Waals surface area contributed by atoms with Crippen LogP contribution >= 0.6 is 10.0 Å². The topological polar surface area (TPSA) is 115 Å². The van der Waals surface area contributed by atoms with Crippen molar-refractivity contribution >= 4 is 33.9 Å². The Labute approximate surface area is 251 Å². The van der Waals surface area contributed by atoms with Crippen LogP contribution in [0, 0.1) is 5.41 Å². The van der Waals surface area contributed by atoms with Crippen LogP contribution in [-0.4, -0.2) is 76.5 Å². The number of anilines is 1. The molecule has 2 aromatic rings. The summed E-state index contributed by atoms with van der Waals surface area (Å²) in [7, 11) is 0.418. The van der Waals surface area contributed by atoms with Crippen molar-refractivity contribution in [1.29, 1.82) is 0 Å². The van der Waals surface area contributed by atoms with Crippen molar-refractivity contribution in [1.82, 2.24) is 20.0 Å². The molecule has 0 saturated heterocycles. The molecule has 1 saturated carbocycles. The first-order valence-electron chi connectivity index (χ1n) is 14.5. The number of carbonyl (C=O) groups excluding carboxylic acids is 3. The number of aromatic nitrogens is 2. The van der Waals surface area contributed by atoms with Gasteiger partial charge in [-0.25, -0.2) is 19.6 Å². The van der Waals surface area contributed by atoms with Crippen LogP contribution in [0.2, 0.25) is 0 Å². The first kappa shape index (κ1) is 31.9. The van der Waals surface area contributed by atoms with Crippen LogP contribution in [0.3, 0.4) is 0 Å². The standard InChI is InChI=1S/C31H47N5O5S/c1-10-41-28(39)36-25(33-26(37)31(17-14-18-31)42(7,8)9)22-19-35(30(4,5)24(22)34-36)27(38)32-23(29(2,3)20-40-6)21-15-12-11-13-16-21/h11-13,15-16,23H,10,14,17-20H2,1-9H3,(H,32,38)(H,33,37). The first-order valence-corrected chi connectivity index (χ1v) is 17.4. The zero-order valence-corrected chi connectivity index (χ0v) is 27.3. The van der Waals surface area contributed by atoms with Crippen LogP contribution in [0.4, 0.5) is 15.4 Å². The quantitative estimate of drug-likeness (QED) is 0.386. The third kappa shape index (κ3) is 5.53. The van der Waals surface area contributed by atoms with E-state index in [4.69, 9.17) is 9.47 Å². The highest BCUT2D eigenvalue weighted by atomic mass is 32.3. The van der Waals surface area contributed by atoms with Crippen LogP contribution < -0.4 is 10.6 Å². The van der Waals surface area contributed by atoms with Crippen LogP contribution in [-0.2, 0) is 26.4 Å². The predicted molar refractivity (Wildman–Crippen MR) is 167 cm³/mol. The molecule has 2 heterocycles. The van der Waals surface area contributed by atoms with E-state index in [0.717, 1.165) is 29.5 Å². The maximum Gasteiger partial charge on any atom is 0.436 e. The zero-order chi connectivity index (χ0) is 31.1. The molecule has 1 unspecified atom stereocenters. The minimum atomic E-state index is -1.24. The summed E-state index contributed by atoms with van der Waals surface area (Å²) >= 11 is 0. The summed E-state index contributed by atoms with van der Waals surface area (Å²) in [6, 6.07) is 9.24. The van der Waals surface area contributed by atoms with Gasteiger partial charge in [0, 0.05) is 18.1 Å². The van der Waals surface area contributed by atoms with Gasteiger partial charge in [-0.05, 0) is 64.4 Å². The lowest BCUT2D eigenvalue weighted by molar-refractivity contribution is -0.120. The number of nitrogens with one attached hydrogen (secondary N) is 2. The number of fused-ring (bicyclic) bond motifs is 1. The van der Waals surface area contributed by atoms with E-state index in [-0.39, 0.29) is 36.9 Å². The summed E-state index contributed by atoms with van der Waals surface area (Å²) in [5.74, 6) is 0.182. The average Bonchev–Trinajstić information content (AvgIpc) is 3.35. The number of benzene rings is 1. The minimum absolute atomic E-state index is 0.101. The summed E-state index contributed by atoms with van der Waals surface area (Å²) in [5, 5.41) is 11.0. The van der Waals surface area contributed by atoms with Gasteiger partial charge in [-0.3, -0.25) is 4.79 Å². The van der Waals surface area contributed by atoms with Crippen molar-refractivity contribution in [3.63, 3.8) is 0 Å². The van der Waals surface area contributed by atoms with E-state index in [1.807, 2.05) is 44.2 Å². The Morgan fingerprint density at radius 2 is 1.76 bits per heavy atom. The maximum absolute atomic E-state index is 14.0. The van der Waals surface area contributed by atoms with Crippen molar-refractivity contribution in [2.75, 3.05) is 44.4 Å². The normalized spacial score (nSPS) is 18.5. The molecule has 1 atom stereocenters. The second kappa shape index (κ2) is 11.6. The summed E-state index contributed by atoms with van der Waals surface area (Å²) < 4.78 is 11.5. The second-order valence-electron chi connectivity index (χ2n) is 13.3. The van der Waals surface area contributed by atoms with Gasteiger partial charge in [-0.1, -0.05) is 44.2 Å². The molecule has 1 aliphatic heterocycles. The fraction of sp³-hybridized carbons (Fsp3) is 0.613. The molecule has 42 heavy (non-hydrogen) atoms. The van der Waals surface area contributed by atoms with Crippen molar-refractivity contribution in [2.24, 2.45) is 5.41 Å². The van der Waals surface area contributed by atoms with Crippen LogP contribution in [0.15, 0.2) is 30.3 Å². The third-order valence-corrected chi connectivity index (χ3v) is 11.9. The smallest absolute Gasteiger partial charge is 0.436 e. The fourth-order valence-corrected chi connectivity index (χ4v) is 8.34. The van der Waals surface area contributed by atoms with Gasteiger partial charge in [0.25, 0.3) is 0 Å². The number of nitrogens with zero attached hydrogens (tertiary/aromatic N) is 3. The van der Waals surface area contributed by atoms with Gasteiger partial charge in [0.2, 0.25) is 5.91 Å². The van der Waals surface area contributed by atoms with Gasteiger partial charge in [0.05, 0.1) is 41.8 Å². The van der Waals surface area contributed by atoms with E-state index < -0.39 is 31.8 Å². The lowest BCUT2D eigenvalue weighted by atomic mass is 9.81. The molecule has 3 amide bonds. The highest BCUT2D eigenvalue weighted by molar-refractivity contribution is 8.33. The zero-order valence-electron chi connectivity index (χ0n) is 26.5. The molecule has 10 nitrogen and oxygen atoms in total. The van der Waals surface area contributed by atoms with Crippen molar-refractivity contribution in [2.45, 2.75) is 76.8 Å². The Morgan fingerprint density at radius 3 is 2.29 bits per heavy atom. The molecule has 0 bridgehead atoms. The van der Waals surface area contributed by atoms with Gasteiger partial charge in [0.15, 0.2) is 0 Å². The Kier molecular flexibility index (Phi) is 8.77. The van der Waals surface area contributed by atoms with Gasteiger partial charge >= 0.3 is 12.1 Å². The SMILES string of the molecule is CCOC(=O)n1nc2c(c1NC(=O)C1(S(C)(C)C)CCC1)CN(C(=O)NC(c1ccccc1)C(C)(C)COC)C2(C)C. The largest absolute Gasteiger partial charge is 0.448 e. The monoisotopic (exact) mass is 601 g/mol. The molecule has 0 radical (unpaired) electrons. The first-order chi connectivity index (χ1) is 19.6. The van der Waals surface area contributed by atoms with E-state index in [1.165, 1.54) is 0 Å². The predicted octanol–water partition coefficient (Wildman–Crippen LogP) is 5.62. The van der Waals surface area contributed by atoms with Crippen molar-refractivity contribution < 1.29 is 23.9 Å².